The van der Waals surface area contributed by atoms with Crippen LogP contribution in [0.25, 0.3) is 0 Å². The maximum Gasteiger partial charge on any atom is 0.416 e. The normalized spacial score (nSPS) is 19.6. The van der Waals surface area contributed by atoms with Gasteiger partial charge in [-0.15, -0.1) is 0 Å². The Balaban J connectivity index is 1.76. The fraction of sp³-hybridized carbons (Fsp3) is 0.500. The predicted molar refractivity (Wildman–Crippen MR) is 80.6 cm³/mol. The summed E-state index contributed by atoms with van der Waals surface area (Å²) in [6.45, 7) is 1.53. The van der Waals surface area contributed by atoms with Gasteiger partial charge in [0, 0.05) is 6.04 Å². The Bertz CT molecular complexity index is 669. The van der Waals surface area contributed by atoms with Crippen LogP contribution in [0.4, 0.5) is 13.2 Å². The lowest BCUT2D eigenvalue weighted by Crippen LogP contribution is -2.33. The van der Waals surface area contributed by atoms with E-state index in [4.69, 9.17) is 10.3 Å². The van der Waals surface area contributed by atoms with Gasteiger partial charge in [-0.1, -0.05) is 23.7 Å². The van der Waals surface area contributed by atoms with Gasteiger partial charge < -0.3 is 10.3 Å². The number of hydrogen-bond donors (Lipinski definition) is 1. The van der Waals surface area contributed by atoms with E-state index in [0.29, 0.717) is 18.3 Å². The molecule has 1 atom stereocenters. The number of piperidine rings is 1. The van der Waals surface area contributed by atoms with Crippen molar-refractivity contribution in [3.05, 3.63) is 47.1 Å². The summed E-state index contributed by atoms with van der Waals surface area (Å²) in [6.07, 6.45) is -1.33. The highest BCUT2D eigenvalue weighted by molar-refractivity contribution is 5.27. The molecule has 0 amide bonds. The lowest BCUT2D eigenvalue weighted by molar-refractivity contribution is -0.137. The highest BCUT2D eigenvalue weighted by Gasteiger charge is 2.31. The molecule has 8 heteroatoms. The molecule has 0 aliphatic carbocycles. The fourth-order valence-electron chi connectivity index (χ4n) is 3.07. The molecule has 0 spiro atoms. The van der Waals surface area contributed by atoms with Crippen LogP contribution in [-0.2, 0) is 19.3 Å². The van der Waals surface area contributed by atoms with Crippen LogP contribution in [0.1, 0.15) is 48.1 Å². The first kappa shape index (κ1) is 16.9. The van der Waals surface area contributed by atoms with Crippen LogP contribution in [0, 0.1) is 0 Å². The van der Waals surface area contributed by atoms with Gasteiger partial charge >= 0.3 is 6.18 Å². The third kappa shape index (κ3) is 3.76. The van der Waals surface area contributed by atoms with Gasteiger partial charge in [0.05, 0.1) is 18.7 Å². The van der Waals surface area contributed by atoms with Crippen LogP contribution in [0.5, 0.6) is 0 Å². The number of alkyl halides is 3. The molecule has 1 unspecified atom stereocenters. The molecule has 1 fully saturated rings. The van der Waals surface area contributed by atoms with Crippen molar-refractivity contribution in [2.45, 2.75) is 44.6 Å². The molecule has 130 valence electrons. The minimum atomic E-state index is -4.31. The Kier molecular flexibility index (Phi) is 4.86. The first-order valence-corrected chi connectivity index (χ1v) is 7.90. The van der Waals surface area contributed by atoms with E-state index >= 15 is 0 Å². The maximum absolute atomic E-state index is 12.7. The van der Waals surface area contributed by atoms with Crippen LogP contribution < -0.4 is 5.73 Å². The van der Waals surface area contributed by atoms with E-state index in [2.05, 4.69) is 15.0 Å². The van der Waals surface area contributed by atoms with Gasteiger partial charge in [-0.2, -0.15) is 18.2 Å². The standard InChI is InChI=1S/C16H19F3N4O/c17-16(18,19)12-6-4-11(5-7-12)13-3-1-2-8-23(13)10-14-21-15(9-20)24-22-14/h4-7,13H,1-3,8-10,20H2. The molecule has 3 rings (SSSR count). The summed E-state index contributed by atoms with van der Waals surface area (Å²) < 4.78 is 43.2. The van der Waals surface area contributed by atoms with E-state index in [1.807, 2.05) is 0 Å². The van der Waals surface area contributed by atoms with Gasteiger partial charge in [-0.3, -0.25) is 4.90 Å². The number of hydrogen-bond acceptors (Lipinski definition) is 5. The quantitative estimate of drug-likeness (QED) is 0.925. The van der Waals surface area contributed by atoms with Crippen LogP contribution in [0.15, 0.2) is 28.8 Å². The van der Waals surface area contributed by atoms with Crippen molar-refractivity contribution >= 4 is 0 Å². The molecule has 1 aromatic carbocycles. The smallest absolute Gasteiger partial charge is 0.338 e. The zero-order valence-electron chi connectivity index (χ0n) is 13.1. The maximum atomic E-state index is 12.7. The zero-order chi connectivity index (χ0) is 17.2. The lowest BCUT2D eigenvalue weighted by Gasteiger charge is -2.35. The molecule has 24 heavy (non-hydrogen) atoms. The van der Waals surface area contributed by atoms with E-state index in [9.17, 15) is 13.2 Å². The van der Waals surface area contributed by atoms with E-state index in [0.717, 1.165) is 43.5 Å². The Morgan fingerprint density at radius 1 is 1.21 bits per heavy atom. The molecular formula is C16H19F3N4O. The van der Waals surface area contributed by atoms with Crippen molar-refractivity contribution in [1.29, 1.82) is 0 Å². The van der Waals surface area contributed by atoms with Gasteiger partial charge in [0.1, 0.15) is 0 Å². The van der Waals surface area contributed by atoms with E-state index in [1.54, 1.807) is 12.1 Å². The van der Waals surface area contributed by atoms with Crippen molar-refractivity contribution in [2.24, 2.45) is 5.73 Å². The SMILES string of the molecule is NCc1nc(CN2CCCCC2c2ccc(C(F)(F)F)cc2)no1. The van der Waals surface area contributed by atoms with E-state index < -0.39 is 11.7 Å². The van der Waals surface area contributed by atoms with E-state index in [1.165, 1.54) is 0 Å². The summed E-state index contributed by atoms with van der Waals surface area (Å²) in [6, 6.07) is 5.47. The molecule has 2 heterocycles. The number of nitrogens with zero attached hydrogens (tertiary/aromatic N) is 3. The summed E-state index contributed by atoms with van der Waals surface area (Å²) >= 11 is 0. The first-order valence-electron chi connectivity index (χ1n) is 7.90. The molecule has 0 radical (unpaired) electrons. The number of nitrogens with two attached hydrogens (primary N) is 1. The Morgan fingerprint density at radius 2 is 1.96 bits per heavy atom. The lowest BCUT2D eigenvalue weighted by atomic mass is 9.94. The second-order valence-corrected chi connectivity index (χ2v) is 5.91. The number of aromatic nitrogens is 2. The predicted octanol–water partition coefficient (Wildman–Crippen LogP) is 3.27. The second-order valence-electron chi connectivity index (χ2n) is 5.91. The van der Waals surface area contributed by atoms with Gasteiger partial charge in [0.15, 0.2) is 5.82 Å². The van der Waals surface area contributed by atoms with Crippen molar-refractivity contribution < 1.29 is 17.7 Å². The van der Waals surface area contributed by atoms with Crippen molar-refractivity contribution in [3.8, 4) is 0 Å². The molecule has 1 aliphatic rings. The highest BCUT2D eigenvalue weighted by atomic mass is 19.4. The van der Waals surface area contributed by atoms with Crippen LogP contribution >= 0.6 is 0 Å². The third-order valence-electron chi connectivity index (χ3n) is 4.27. The van der Waals surface area contributed by atoms with Gasteiger partial charge in [0.2, 0.25) is 5.89 Å². The van der Waals surface area contributed by atoms with Crippen LogP contribution in [0.2, 0.25) is 0 Å². The molecule has 5 nitrogen and oxygen atoms in total. The zero-order valence-corrected chi connectivity index (χ0v) is 13.1. The largest absolute Gasteiger partial charge is 0.416 e. The molecule has 1 saturated heterocycles. The topological polar surface area (TPSA) is 68.2 Å². The summed E-state index contributed by atoms with van der Waals surface area (Å²) in [4.78, 5) is 6.38. The van der Waals surface area contributed by atoms with E-state index in [-0.39, 0.29) is 12.6 Å². The van der Waals surface area contributed by atoms with Crippen molar-refractivity contribution in [2.75, 3.05) is 6.54 Å². The first-order chi connectivity index (χ1) is 11.5. The average Bonchev–Trinajstić information content (AvgIpc) is 3.02. The van der Waals surface area contributed by atoms with Crippen molar-refractivity contribution in [1.82, 2.24) is 15.0 Å². The number of rotatable bonds is 4. The van der Waals surface area contributed by atoms with Crippen molar-refractivity contribution in [3.63, 3.8) is 0 Å². The Labute approximate surface area is 137 Å². The van der Waals surface area contributed by atoms with Crippen LogP contribution in [-0.4, -0.2) is 21.6 Å². The number of halogens is 3. The molecule has 0 bridgehead atoms. The Morgan fingerprint density at radius 3 is 2.58 bits per heavy atom. The second kappa shape index (κ2) is 6.90. The molecule has 0 saturated carbocycles. The third-order valence-corrected chi connectivity index (χ3v) is 4.27. The summed E-state index contributed by atoms with van der Waals surface area (Å²) in [7, 11) is 0. The summed E-state index contributed by atoms with van der Waals surface area (Å²) in [5, 5.41) is 3.90. The minimum Gasteiger partial charge on any atom is -0.338 e. The summed E-state index contributed by atoms with van der Waals surface area (Å²) in [5.74, 6) is 0.933. The van der Waals surface area contributed by atoms with Gasteiger partial charge in [-0.05, 0) is 37.1 Å². The van der Waals surface area contributed by atoms with Gasteiger partial charge in [0.25, 0.3) is 0 Å². The Hall–Kier alpha value is -1.93. The van der Waals surface area contributed by atoms with Crippen LogP contribution in [0.3, 0.4) is 0 Å². The molecule has 2 N–H and O–H groups in total. The molecule has 1 aliphatic heterocycles. The molecule has 2 aromatic rings. The monoisotopic (exact) mass is 340 g/mol. The molecular weight excluding hydrogens is 321 g/mol. The van der Waals surface area contributed by atoms with Gasteiger partial charge in [-0.25, -0.2) is 0 Å². The number of likely N-dealkylation sites (tertiary alicyclic amines) is 1. The molecule has 1 aromatic heterocycles. The summed E-state index contributed by atoms with van der Waals surface area (Å²) in [5.41, 5.74) is 5.72. The highest BCUT2D eigenvalue weighted by Crippen LogP contribution is 2.34. The fourth-order valence-corrected chi connectivity index (χ4v) is 3.07. The average molecular weight is 340 g/mol. The minimum absolute atomic E-state index is 0.0564. The number of benzene rings is 1.